The molecule has 0 saturated heterocycles. The van der Waals surface area contributed by atoms with Crippen molar-refractivity contribution in [2.75, 3.05) is 0 Å². The molecule has 1 aromatic rings. The van der Waals surface area contributed by atoms with Crippen LogP contribution in [0.15, 0.2) is 12.1 Å². The van der Waals surface area contributed by atoms with Gasteiger partial charge in [-0.05, 0) is 19.1 Å². The zero-order chi connectivity index (χ0) is 9.84. The maximum absolute atomic E-state index is 10.6. The number of carbonyl (C=O) groups excluding carboxylic acids is 1. The first-order valence-electron chi connectivity index (χ1n) is 4.24. The van der Waals surface area contributed by atoms with Crippen molar-refractivity contribution in [2.45, 2.75) is 19.9 Å². The minimum absolute atomic E-state index is 0.282. The third-order valence-corrected chi connectivity index (χ3v) is 1.98. The predicted molar refractivity (Wildman–Crippen MR) is 53.2 cm³/mol. The highest BCUT2D eigenvalue weighted by atomic mass is 16.1. The minimum atomic E-state index is -0.282. The summed E-state index contributed by atoms with van der Waals surface area (Å²) in [6, 6.07) is 3.90. The van der Waals surface area contributed by atoms with E-state index in [-0.39, 0.29) is 5.91 Å². The molecule has 0 aliphatic carbocycles. The molecule has 3 heteroatoms. The summed E-state index contributed by atoms with van der Waals surface area (Å²) in [5.41, 5.74) is 5.07. The van der Waals surface area contributed by atoms with E-state index < -0.39 is 0 Å². The Morgan fingerprint density at radius 3 is 2.92 bits per heavy atom. The number of nitrogens with two attached hydrogens (primary N) is 1. The lowest BCUT2D eigenvalue weighted by Gasteiger charge is -2.01. The number of rotatable bonds is 3. The van der Waals surface area contributed by atoms with Gasteiger partial charge >= 0.3 is 0 Å². The quantitative estimate of drug-likeness (QED) is 0.671. The molecule has 0 radical (unpaired) electrons. The lowest BCUT2D eigenvalue weighted by Crippen LogP contribution is -2.28. The molecule has 1 aromatic heterocycles. The molecule has 2 N–H and O–H groups in total. The monoisotopic (exact) mass is 178 g/mol. The summed E-state index contributed by atoms with van der Waals surface area (Å²) < 4.78 is 1.98. The van der Waals surface area contributed by atoms with Gasteiger partial charge in [-0.2, -0.15) is 0 Å². The van der Waals surface area contributed by atoms with E-state index >= 15 is 0 Å². The van der Waals surface area contributed by atoms with Crippen molar-refractivity contribution in [2.24, 2.45) is 5.73 Å². The van der Waals surface area contributed by atoms with Crippen molar-refractivity contribution in [1.29, 1.82) is 0 Å². The summed E-state index contributed by atoms with van der Waals surface area (Å²) in [6.07, 6.45) is 2.34. The van der Waals surface area contributed by atoms with Gasteiger partial charge in [0.2, 0.25) is 5.91 Å². The van der Waals surface area contributed by atoms with Crippen LogP contribution in [0.4, 0.5) is 0 Å². The summed E-state index contributed by atoms with van der Waals surface area (Å²) in [7, 11) is 0. The van der Waals surface area contributed by atoms with E-state index in [1.54, 1.807) is 0 Å². The first-order chi connectivity index (χ1) is 6.15. The van der Waals surface area contributed by atoms with E-state index in [2.05, 4.69) is 6.58 Å². The summed E-state index contributed by atoms with van der Waals surface area (Å²) in [6.45, 7) is 6.42. The third kappa shape index (κ3) is 2.21. The molecule has 1 rings (SSSR count). The van der Waals surface area contributed by atoms with Crippen molar-refractivity contribution in [1.82, 2.24) is 4.57 Å². The van der Waals surface area contributed by atoms with Gasteiger partial charge in [-0.1, -0.05) is 12.7 Å². The molecule has 0 aliphatic rings. The Bertz CT molecular complexity index is 403. The van der Waals surface area contributed by atoms with Crippen LogP contribution in [-0.2, 0) is 11.3 Å². The molecule has 0 fully saturated rings. The topological polar surface area (TPSA) is 48.0 Å². The van der Waals surface area contributed by atoms with E-state index in [1.165, 1.54) is 0 Å². The first-order valence-corrected chi connectivity index (χ1v) is 4.24. The molecule has 0 spiro atoms. The predicted octanol–water partition coefficient (Wildman–Crippen LogP) is -0.426. The van der Waals surface area contributed by atoms with Crippen molar-refractivity contribution < 1.29 is 4.79 Å². The molecule has 0 aliphatic heterocycles. The van der Waals surface area contributed by atoms with Gasteiger partial charge in [0.25, 0.3) is 0 Å². The van der Waals surface area contributed by atoms with E-state index in [0.29, 0.717) is 13.0 Å². The molecular formula is C10H14N2O. The van der Waals surface area contributed by atoms with E-state index in [4.69, 9.17) is 5.73 Å². The number of carbonyl (C=O) groups is 1. The average Bonchev–Trinajstić information content (AvgIpc) is 2.43. The Balaban J connectivity index is 2.93. The van der Waals surface area contributed by atoms with Crippen molar-refractivity contribution in [3.05, 3.63) is 22.8 Å². The second-order valence-electron chi connectivity index (χ2n) is 2.91. The molecule has 0 atom stereocenters. The van der Waals surface area contributed by atoms with Crippen molar-refractivity contribution in [3.63, 3.8) is 0 Å². The second kappa shape index (κ2) is 3.94. The fraction of sp³-hybridized carbons (Fsp3) is 0.300. The normalized spacial score (nSPS) is 11.9. The molecule has 0 aromatic carbocycles. The number of nitrogens with zero attached hydrogens (tertiary/aromatic N) is 1. The number of primary amides is 1. The number of hydrogen-bond donors (Lipinski definition) is 1. The zero-order valence-corrected chi connectivity index (χ0v) is 7.79. The molecule has 1 amide bonds. The van der Waals surface area contributed by atoms with Gasteiger partial charge in [0.15, 0.2) is 0 Å². The maximum Gasteiger partial charge on any atom is 0.219 e. The molecule has 0 saturated carbocycles. The minimum Gasteiger partial charge on any atom is -0.370 e. The van der Waals surface area contributed by atoms with E-state index in [1.807, 2.05) is 29.7 Å². The SMILES string of the molecule is C=c1cc/c(=C\C)n1CCC(N)=O. The van der Waals surface area contributed by atoms with Crippen LogP contribution in [0, 0.1) is 0 Å². The fourth-order valence-electron chi connectivity index (χ4n) is 1.27. The van der Waals surface area contributed by atoms with Crippen molar-refractivity contribution >= 4 is 18.6 Å². The fourth-order valence-corrected chi connectivity index (χ4v) is 1.27. The Hall–Kier alpha value is -1.51. The van der Waals surface area contributed by atoms with Crippen LogP contribution in [0.3, 0.4) is 0 Å². The largest absolute Gasteiger partial charge is 0.370 e. The molecule has 3 nitrogen and oxygen atoms in total. The van der Waals surface area contributed by atoms with Crippen LogP contribution in [-0.4, -0.2) is 10.5 Å². The highest BCUT2D eigenvalue weighted by Crippen LogP contribution is 1.82. The van der Waals surface area contributed by atoms with Crippen LogP contribution in [0.2, 0.25) is 0 Å². The van der Waals surface area contributed by atoms with E-state index in [0.717, 1.165) is 10.7 Å². The van der Waals surface area contributed by atoms with Gasteiger partial charge in [0.1, 0.15) is 0 Å². The van der Waals surface area contributed by atoms with Gasteiger partial charge in [0, 0.05) is 23.7 Å². The van der Waals surface area contributed by atoms with Gasteiger partial charge in [-0.15, -0.1) is 0 Å². The standard InChI is InChI=1S/C10H14N2O/c1-3-9-5-4-8(2)12(9)7-6-10(11)13/h3-5H,2,6-7H2,1H3,(H2,11,13)/b9-3+. The number of amides is 1. The summed E-state index contributed by atoms with van der Waals surface area (Å²) in [4.78, 5) is 10.6. The molecule has 1 heterocycles. The highest BCUT2D eigenvalue weighted by Gasteiger charge is 1.97. The van der Waals surface area contributed by atoms with Crippen LogP contribution >= 0.6 is 0 Å². The van der Waals surface area contributed by atoms with Gasteiger partial charge in [0.05, 0.1) is 0 Å². The van der Waals surface area contributed by atoms with Crippen molar-refractivity contribution in [3.8, 4) is 0 Å². The lowest BCUT2D eigenvalue weighted by atomic mass is 10.4. The summed E-state index contributed by atoms with van der Waals surface area (Å²) in [5.74, 6) is -0.282. The zero-order valence-electron chi connectivity index (χ0n) is 7.79. The Morgan fingerprint density at radius 1 is 1.69 bits per heavy atom. The Kier molecular flexibility index (Phi) is 2.90. The summed E-state index contributed by atoms with van der Waals surface area (Å²) >= 11 is 0. The maximum atomic E-state index is 10.6. The number of hydrogen-bond acceptors (Lipinski definition) is 1. The van der Waals surface area contributed by atoms with Gasteiger partial charge in [-0.25, -0.2) is 0 Å². The van der Waals surface area contributed by atoms with Gasteiger partial charge < -0.3 is 10.3 Å². The number of aromatic nitrogens is 1. The third-order valence-electron chi connectivity index (χ3n) is 1.98. The molecule has 0 unspecified atom stereocenters. The Labute approximate surface area is 77.2 Å². The molecule has 13 heavy (non-hydrogen) atoms. The molecule has 0 bridgehead atoms. The van der Waals surface area contributed by atoms with Crippen LogP contribution in [0.1, 0.15) is 13.3 Å². The Morgan fingerprint density at radius 2 is 2.38 bits per heavy atom. The lowest BCUT2D eigenvalue weighted by molar-refractivity contribution is -0.118. The van der Waals surface area contributed by atoms with Crippen LogP contribution < -0.4 is 16.4 Å². The smallest absolute Gasteiger partial charge is 0.219 e. The van der Waals surface area contributed by atoms with Crippen LogP contribution in [0.25, 0.3) is 12.7 Å². The first kappa shape index (κ1) is 9.58. The second-order valence-corrected chi connectivity index (χ2v) is 2.91. The average molecular weight is 178 g/mol. The van der Waals surface area contributed by atoms with Crippen LogP contribution in [0.5, 0.6) is 0 Å². The molecule has 70 valence electrons. The highest BCUT2D eigenvalue weighted by molar-refractivity contribution is 5.73. The summed E-state index contributed by atoms with van der Waals surface area (Å²) in [5, 5.41) is 1.99. The van der Waals surface area contributed by atoms with E-state index in [9.17, 15) is 4.79 Å². The molecular weight excluding hydrogens is 164 g/mol. The van der Waals surface area contributed by atoms with Gasteiger partial charge in [-0.3, -0.25) is 4.79 Å².